The molecule has 7 heteroatoms. The van der Waals surface area contributed by atoms with E-state index in [4.69, 9.17) is 4.74 Å². The summed E-state index contributed by atoms with van der Waals surface area (Å²) in [5.41, 5.74) is 2.55. The molecule has 0 radical (unpaired) electrons. The summed E-state index contributed by atoms with van der Waals surface area (Å²) < 4.78 is 31.7. The highest BCUT2D eigenvalue weighted by atomic mass is 32.2. The van der Waals surface area contributed by atoms with Crippen molar-refractivity contribution in [3.05, 3.63) is 95.8 Å². The molecule has 1 unspecified atom stereocenters. The van der Waals surface area contributed by atoms with Gasteiger partial charge in [0.2, 0.25) is 0 Å². The number of rotatable bonds is 8. The van der Waals surface area contributed by atoms with E-state index in [0.717, 1.165) is 15.2 Å². The van der Waals surface area contributed by atoms with Crippen molar-refractivity contribution in [2.45, 2.75) is 31.5 Å². The molecule has 6 nitrogen and oxygen atoms in total. The van der Waals surface area contributed by atoms with Crippen LogP contribution in [0.3, 0.4) is 0 Å². The highest BCUT2D eigenvalue weighted by Gasteiger charge is 2.19. The Morgan fingerprint density at radius 1 is 1.07 bits per heavy atom. The number of benzene rings is 2. The zero-order valence-electron chi connectivity index (χ0n) is 16.3. The predicted octanol–water partition coefficient (Wildman–Crippen LogP) is 4.00. The van der Waals surface area contributed by atoms with E-state index >= 15 is 0 Å². The third kappa shape index (κ3) is 5.73. The van der Waals surface area contributed by atoms with Gasteiger partial charge in [0.25, 0.3) is 10.0 Å². The summed E-state index contributed by atoms with van der Waals surface area (Å²) >= 11 is 0. The molecule has 0 spiro atoms. The summed E-state index contributed by atoms with van der Waals surface area (Å²) in [6.45, 7) is 3.96. The van der Waals surface area contributed by atoms with E-state index in [2.05, 4.69) is 10.3 Å². The summed E-state index contributed by atoms with van der Waals surface area (Å²) in [6.07, 6.45) is 8.99. The van der Waals surface area contributed by atoms with Gasteiger partial charge in [0.15, 0.2) is 0 Å². The first-order chi connectivity index (χ1) is 13.9. The molecule has 0 N–H and O–H groups in total. The van der Waals surface area contributed by atoms with Crippen LogP contribution in [0.2, 0.25) is 0 Å². The Morgan fingerprint density at radius 3 is 2.52 bits per heavy atom. The van der Waals surface area contributed by atoms with Gasteiger partial charge < -0.3 is 4.74 Å². The van der Waals surface area contributed by atoms with Gasteiger partial charge in [0.1, 0.15) is 5.69 Å². The first-order valence-electron chi connectivity index (χ1n) is 9.20. The first kappa shape index (κ1) is 20.7. The van der Waals surface area contributed by atoms with E-state index in [1.807, 2.05) is 68.5 Å². The Labute approximate surface area is 171 Å². The molecule has 0 saturated heterocycles. The zero-order chi connectivity index (χ0) is 20.7. The molecule has 1 heterocycles. The van der Waals surface area contributed by atoms with Gasteiger partial charge in [0.05, 0.1) is 23.8 Å². The van der Waals surface area contributed by atoms with Crippen molar-refractivity contribution in [2.75, 3.05) is 0 Å². The molecule has 0 saturated carbocycles. The van der Waals surface area contributed by atoms with Crippen LogP contribution in [0.15, 0.2) is 83.9 Å². The fourth-order valence-corrected chi connectivity index (χ4v) is 3.60. The molecule has 3 aromatic rings. The lowest BCUT2D eigenvalue weighted by Crippen LogP contribution is -2.13. The molecule has 0 fully saturated rings. The zero-order valence-corrected chi connectivity index (χ0v) is 17.2. The van der Waals surface area contributed by atoms with Crippen LogP contribution in [-0.2, 0) is 21.4 Å². The van der Waals surface area contributed by atoms with Crippen molar-refractivity contribution in [1.82, 2.24) is 14.4 Å². The SMILES string of the molecule is Cc1ccc(S(=O)(=O)n2cc(COC(C)/C=C/C=C/c3ccccc3)nn2)cc1. The van der Waals surface area contributed by atoms with Gasteiger partial charge in [0, 0.05) is 0 Å². The average Bonchev–Trinajstić information content (AvgIpc) is 3.21. The topological polar surface area (TPSA) is 74.1 Å². The summed E-state index contributed by atoms with van der Waals surface area (Å²) in [5, 5.41) is 7.65. The van der Waals surface area contributed by atoms with E-state index in [1.165, 1.54) is 6.20 Å². The summed E-state index contributed by atoms with van der Waals surface area (Å²) in [6, 6.07) is 16.6. The van der Waals surface area contributed by atoms with Crippen LogP contribution in [0.4, 0.5) is 0 Å². The van der Waals surface area contributed by atoms with E-state index in [-0.39, 0.29) is 17.6 Å². The first-order valence-corrected chi connectivity index (χ1v) is 10.6. The lowest BCUT2D eigenvalue weighted by Gasteiger charge is -2.06. The molecule has 0 bridgehead atoms. The van der Waals surface area contributed by atoms with Crippen molar-refractivity contribution in [2.24, 2.45) is 0 Å². The lowest BCUT2D eigenvalue weighted by atomic mass is 10.2. The van der Waals surface area contributed by atoms with Gasteiger partial charge in [-0.25, -0.2) is 0 Å². The standard InChI is InChI=1S/C22H23N3O3S/c1-18-12-14-22(15-13-18)29(26,27)25-16-21(23-24-25)17-28-19(2)8-6-7-11-20-9-4-3-5-10-20/h3-16,19H,17H2,1-2H3/b8-6+,11-7+. The quantitative estimate of drug-likeness (QED) is 0.526. The van der Waals surface area contributed by atoms with Crippen molar-refractivity contribution < 1.29 is 13.2 Å². The number of aryl methyl sites for hydroxylation is 1. The van der Waals surface area contributed by atoms with Crippen LogP contribution in [0, 0.1) is 6.92 Å². The Bertz CT molecular complexity index is 1090. The molecule has 0 amide bonds. The summed E-state index contributed by atoms with van der Waals surface area (Å²) in [4.78, 5) is 0.168. The number of nitrogens with zero attached hydrogens (tertiary/aromatic N) is 3. The minimum Gasteiger partial charge on any atom is -0.368 e. The number of hydrogen-bond donors (Lipinski definition) is 0. The van der Waals surface area contributed by atoms with E-state index in [9.17, 15) is 8.42 Å². The van der Waals surface area contributed by atoms with Gasteiger partial charge in [-0.1, -0.05) is 77.5 Å². The number of aromatic nitrogens is 3. The molecule has 1 aromatic heterocycles. The highest BCUT2D eigenvalue weighted by Crippen LogP contribution is 2.14. The highest BCUT2D eigenvalue weighted by molar-refractivity contribution is 7.89. The van der Waals surface area contributed by atoms with Crippen molar-refractivity contribution in [1.29, 1.82) is 0 Å². The minimum atomic E-state index is -3.75. The van der Waals surface area contributed by atoms with Crippen LogP contribution in [0.5, 0.6) is 0 Å². The fraction of sp³-hybridized carbons (Fsp3) is 0.182. The third-order valence-electron chi connectivity index (χ3n) is 4.16. The second-order valence-electron chi connectivity index (χ2n) is 6.57. The molecule has 0 aliphatic rings. The second-order valence-corrected chi connectivity index (χ2v) is 8.37. The number of hydrogen-bond acceptors (Lipinski definition) is 5. The van der Waals surface area contributed by atoms with E-state index in [0.29, 0.717) is 5.69 Å². The van der Waals surface area contributed by atoms with Crippen LogP contribution in [-0.4, -0.2) is 28.9 Å². The number of allylic oxidation sites excluding steroid dienone is 2. The largest absolute Gasteiger partial charge is 0.368 e. The Kier molecular flexibility index (Phi) is 6.74. The van der Waals surface area contributed by atoms with E-state index < -0.39 is 10.0 Å². The Morgan fingerprint density at radius 2 is 1.79 bits per heavy atom. The van der Waals surface area contributed by atoms with Gasteiger partial charge in [-0.15, -0.1) is 9.19 Å². The van der Waals surface area contributed by atoms with Crippen LogP contribution >= 0.6 is 0 Å². The Hall–Kier alpha value is -3.03. The van der Waals surface area contributed by atoms with Crippen LogP contribution in [0.1, 0.15) is 23.7 Å². The molecule has 0 aliphatic heterocycles. The maximum Gasteiger partial charge on any atom is 0.284 e. The summed E-state index contributed by atoms with van der Waals surface area (Å²) in [5.74, 6) is 0. The van der Waals surface area contributed by atoms with Gasteiger partial charge in [-0.3, -0.25) is 0 Å². The molecule has 0 aliphatic carbocycles. The third-order valence-corrected chi connectivity index (χ3v) is 5.70. The Balaban J connectivity index is 1.55. The van der Waals surface area contributed by atoms with Crippen LogP contribution < -0.4 is 0 Å². The van der Waals surface area contributed by atoms with Crippen molar-refractivity contribution in [3.8, 4) is 0 Å². The smallest absolute Gasteiger partial charge is 0.284 e. The van der Waals surface area contributed by atoms with Crippen molar-refractivity contribution >= 4 is 16.1 Å². The monoisotopic (exact) mass is 409 g/mol. The minimum absolute atomic E-state index is 0.158. The molecular formula is C22H23N3O3S. The normalized spacial score (nSPS) is 13.3. The van der Waals surface area contributed by atoms with Gasteiger partial charge in [-0.05, 0) is 31.5 Å². The molecular weight excluding hydrogens is 386 g/mol. The van der Waals surface area contributed by atoms with E-state index in [1.54, 1.807) is 24.3 Å². The maximum atomic E-state index is 12.6. The molecule has 150 valence electrons. The second kappa shape index (κ2) is 9.45. The lowest BCUT2D eigenvalue weighted by molar-refractivity contribution is 0.0817. The van der Waals surface area contributed by atoms with Crippen LogP contribution in [0.25, 0.3) is 6.08 Å². The molecule has 29 heavy (non-hydrogen) atoms. The van der Waals surface area contributed by atoms with Gasteiger partial charge >= 0.3 is 0 Å². The fourth-order valence-electron chi connectivity index (χ4n) is 2.51. The maximum absolute atomic E-state index is 12.6. The van der Waals surface area contributed by atoms with Crippen molar-refractivity contribution in [3.63, 3.8) is 0 Å². The number of ether oxygens (including phenoxy) is 1. The predicted molar refractivity (Wildman–Crippen MR) is 113 cm³/mol. The molecule has 1 atom stereocenters. The molecule has 3 rings (SSSR count). The van der Waals surface area contributed by atoms with Gasteiger partial charge in [-0.2, -0.15) is 8.42 Å². The average molecular weight is 410 g/mol. The molecule has 2 aromatic carbocycles. The summed E-state index contributed by atoms with van der Waals surface area (Å²) in [7, 11) is -3.75.